The third-order valence-electron chi connectivity index (χ3n) is 3.67. The second-order valence-electron chi connectivity index (χ2n) is 5.52. The number of rotatable bonds is 9. The molecule has 0 atom stereocenters. The maximum atomic E-state index is 12.0. The second-order valence-corrected chi connectivity index (χ2v) is 5.52. The molecule has 1 amide bonds. The number of benzene rings is 1. The molecule has 0 unspecified atom stereocenters. The third-order valence-corrected chi connectivity index (χ3v) is 3.67. The van der Waals surface area contributed by atoms with Gasteiger partial charge in [-0.2, -0.15) is 0 Å². The SMILES string of the molecule is CCOC(=O)CCCCCCNC(=O)c1ccc(C)c(C)c1. The summed E-state index contributed by atoms with van der Waals surface area (Å²) in [4.78, 5) is 23.1. The van der Waals surface area contributed by atoms with E-state index >= 15 is 0 Å². The number of ether oxygens (including phenoxy) is 1. The number of hydrogen-bond acceptors (Lipinski definition) is 3. The van der Waals surface area contributed by atoms with Crippen molar-refractivity contribution in [2.75, 3.05) is 13.2 Å². The number of unbranched alkanes of at least 4 members (excludes halogenated alkanes) is 3. The molecule has 0 saturated carbocycles. The Balaban J connectivity index is 2.13. The minimum Gasteiger partial charge on any atom is -0.466 e. The van der Waals surface area contributed by atoms with Crippen molar-refractivity contribution in [1.29, 1.82) is 0 Å². The van der Waals surface area contributed by atoms with Crippen LogP contribution in [-0.2, 0) is 9.53 Å². The molecule has 0 radical (unpaired) electrons. The molecule has 1 aromatic carbocycles. The van der Waals surface area contributed by atoms with Crippen molar-refractivity contribution >= 4 is 11.9 Å². The maximum absolute atomic E-state index is 12.0. The first-order valence-corrected chi connectivity index (χ1v) is 8.05. The molecule has 4 nitrogen and oxygen atoms in total. The Morgan fingerprint density at radius 2 is 1.77 bits per heavy atom. The van der Waals surface area contributed by atoms with Crippen molar-refractivity contribution in [3.63, 3.8) is 0 Å². The lowest BCUT2D eigenvalue weighted by atomic mass is 10.1. The highest BCUT2D eigenvalue weighted by Crippen LogP contribution is 2.10. The first-order valence-electron chi connectivity index (χ1n) is 8.05. The Kier molecular flexibility index (Phi) is 8.26. The molecular formula is C18H27NO3. The van der Waals surface area contributed by atoms with Gasteiger partial charge in [-0.15, -0.1) is 0 Å². The third kappa shape index (κ3) is 6.74. The molecule has 22 heavy (non-hydrogen) atoms. The van der Waals surface area contributed by atoms with Gasteiger partial charge in [-0.05, 0) is 56.9 Å². The molecule has 0 bridgehead atoms. The summed E-state index contributed by atoms with van der Waals surface area (Å²) in [5.41, 5.74) is 3.04. The van der Waals surface area contributed by atoms with E-state index in [9.17, 15) is 9.59 Å². The van der Waals surface area contributed by atoms with E-state index in [1.807, 2.05) is 39.0 Å². The molecule has 0 heterocycles. The van der Waals surface area contributed by atoms with Crippen LogP contribution in [0.2, 0.25) is 0 Å². The highest BCUT2D eigenvalue weighted by Gasteiger charge is 2.06. The maximum Gasteiger partial charge on any atom is 0.305 e. The predicted octanol–water partition coefficient (Wildman–Crippen LogP) is 3.55. The van der Waals surface area contributed by atoms with Crippen LogP contribution in [0.15, 0.2) is 18.2 Å². The van der Waals surface area contributed by atoms with Crippen LogP contribution >= 0.6 is 0 Å². The zero-order valence-electron chi connectivity index (χ0n) is 13.9. The molecule has 0 fully saturated rings. The molecule has 1 rings (SSSR count). The summed E-state index contributed by atoms with van der Waals surface area (Å²) < 4.78 is 4.87. The van der Waals surface area contributed by atoms with Crippen molar-refractivity contribution in [3.05, 3.63) is 34.9 Å². The lowest BCUT2D eigenvalue weighted by Crippen LogP contribution is -2.24. The van der Waals surface area contributed by atoms with E-state index in [0.717, 1.165) is 31.2 Å². The minimum atomic E-state index is -0.120. The fourth-order valence-corrected chi connectivity index (χ4v) is 2.17. The Bertz CT molecular complexity index is 497. The Morgan fingerprint density at radius 1 is 1.05 bits per heavy atom. The summed E-state index contributed by atoms with van der Waals surface area (Å²) in [6.45, 7) is 6.98. The highest BCUT2D eigenvalue weighted by molar-refractivity contribution is 5.94. The standard InChI is InChI=1S/C18H27NO3/c1-4-22-17(20)9-7-5-6-8-12-19-18(21)16-11-10-14(2)15(3)13-16/h10-11,13H,4-9,12H2,1-3H3,(H,19,21). The van der Waals surface area contributed by atoms with Crippen molar-refractivity contribution in [3.8, 4) is 0 Å². The number of esters is 1. The minimum absolute atomic E-state index is 0.0189. The zero-order valence-corrected chi connectivity index (χ0v) is 13.9. The van der Waals surface area contributed by atoms with Gasteiger partial charge in [0.25, 0.3) is 5.91 Å². The molecule has 0 aliphatic carbocycles. The predicted molar refractivity (Wildman–Crippen MR) is 88.0 cm³/mol. The van der Waals surface area contributed by atoms with E-state index in [2.05, 4.69) is 5.32 Å². The zero-order chi connectivity index (χ0) is 16.4. The summed E-state index contributed by atoms with van der Waals surface area (Å²) in [7, 11) is 0. The van der Waals surface area contributed by atoms with Gasteiger partial charge in [0.15, 0.2) is 0 Å². The van der Waals surface area contributed by atoms with E-state index < -0.39 is 0 Å². The lowest BCUT2D eigenvalue weighted by Gasteiger charge is -2.07. The van der Waals surface area contributed by atoms with Crippen LogP contribution in [0.3, 0.4) is 0 Å². The molecule has 0 aromatic heterocycles. The lowest BCUT2D eigenvalue weighted by molar-refractivity contribution is -0.143. The number of carbonyl (C=O) groups is 2. The number of carbonyl (C=O) groups excluding carboxylic acids is 2. The van der Waals surface area contributed by atoms with E-state index in [4.69, 9.17) is 4.74 Å². The average Bonchev–Trinajstić information content (AvgIpc) is 2.49. The molecule has 1 N–H and O–H groups in total. The van der Waals surface area contributed by atoms with Crippen LogP contribution in [0.4, 0.5) is 0 Å². The van der Waals surface area contributed by atoms with E-state index in [1.54, 1.807) is 0 Å². The Morgan fingerprint density at radius 3 is 2.45 bits per heavy atom. The Hall–Kier alpha value is -1.84. The van der Waals surface area contributed by atoms with E-state index in [-0.39, 0.29) is 11.9 Å². The van der Waals surface area contributed by atoms with Gasteiger partial charge in [-0.25, -0.2) is 0 Å². The highest BCUT2D eigenvalue weighted by atomic mass is 16.5. The quantitative estimate of drug-likeness (QED) is 0.561. The first kappa shape index (κ1) is 18.2. The molecule has 122 valence electrons. The fraction of sp³-hybridized carbons (Fsp3) is 0.556. The smallest absolute Gasteiger partial charge is 0.305 e. The monoisotopic (exact) mass is 305 g/mol. The number of hydrogen-bond donors (Lipinski definition) is 1. The van der Waals surface area contributed by atoms with Gasteiger partial charge < -0.3 is 10.1 Å². The Labute approximate surface area is 133 Å². The van der Waals surface area contributed by atoms with E-state index in [1.165, 1.54) is 5.56 Å². The van der Waals surface area contributed by atoms with Crippen LogP contribution in [0.5, 0.6) is 0 Å². The second kappa shape index (κ2) is 9.98. The van der Waals surface area contributed by atoms with Gasteiger partial charge >= 0.3 is 5.97 Å². The van der Waals surface area contributed by atoms with Crippen LogP contribution in [-0.4, -0.2) is 25.0 Å². The molecular weight excluding hydrogens is 278 g/mol. The molecule has 0 saturated heterocycles. The molecule has 0 aliphatic rings. The van der Waals surface area contributed by atoms with Gasteiger partial charge in [-0.1, -0.05) is 18.9 Å². The fourth-order valence-electron chi connectivity index (χ4n) is 2.17. The van der Waals surface area contributed by atoms with Crippen LogP contribution in [0.25, 0.3) is 0 Å². The van der Waals surface area contributed by atoms with Crippen LogP contribution < -0.4 is 5.32 Å². The summed E-state index contributed by atoms with van der Waals surface area (Å²) in [5.74, 6) is -0.139. The van der Waals surface area contributed by atoms with Crippen molar-refractivity contribution < 1.29 is 14.3 Å². The largest absolute Gasteiger partial charge is 0.466 e. The molecule has 0 spiro atoms. The topological polar surface area (TPSA) is 55.4 Å². The number of aryl methyl sites for hydroxylation is 2. The summed E-state index contributed by atoms with van der Waals surface area (Å²) >= 11 is 0. The van der Waals surface area contributed by atoms with Crippen LogP contribution in [0.1, 0.15) is 60.5 Å². The molecule has 0 aliphatic heterocycles. The summed E-state index contributed by atoms with van der Waals surface area (Å²) in [6, 6.07) is 5.75. The van der Waals surface area contributed by atoms with Crippen LogP contribution in [0, 0.1) is 13.8 Å². The van der Waals surface area contributed by atoms with Gasteiger partial charge in [0.05, 0.1) is 6.61 Å². The molecule has 4 heteroatoms. The van der Waals surface area contributed by atoms with E-state index in [0.29, 0.717) is 25.1 Å². The number of amides is 1. The van der Waals surface area contributed by atoms with Gasteiger partial charge in [0, 0.05) is 18.5 Å². The van der Waals surface area contributed by atoms with Crippen molar-refractivity contribution in [2.24, 2.45) is 0 Å². The summed E-state index contributed by atoms with van der Waals surface area (Å²) in [5, 5.41) is 2.94. The molecule has 1 aromatic rings. The summed E-state index contributed by atoms with van der Waals surface area (Å²) in [6.07, 6.45) is 4.26. The number of nitrogens with one attached hydrogen (secondary N) is 1. The average molecular weight is 305 g/mol. The first-order chi connectivity index (χ1) is 10.5. The van der Waals surface area contributed by atoms with Gasteiger partial charge in [0.2, 0.25) is 0 Å². The van der Waals surface area contributed by atoms with Crippen molar-refractivity contribution in [2.45, 2.75) is 52.9 Å². The normalized spacial score (nSPS) is 10.3. The van der Waals surface area contributed by atoms with Gasteiger partial charge in [-0.3, -0.25) is 9.59 Å². The van der Waals surface area contributed by atoms with Crippen molar-refractivity contribution in [1.82, 2.24) is 5.32 Å². The van der Waals surface area contributed by atoms with Gasteiger partial charge in [0.1, 0.15) is 0 Å².